The Morgan fingerprint density at radius 1 is 1.35 bits per heavy atom. The Morgan fingerprint density at radius 3 is 2.95 bits per heavy atom. The van der Waals surface area contributed by atoms with Gasteiger partial charge in [0.25, 0.3) is 0 Å². The SMILES string of the molecule is Cc1nc2sccn2c1CNc1cc(Br)c(F)cc1F. The molecule has 0 fully saturated rings. The molecule has 0 amide bonds. The highest BCUT2D eigenvalue weighted by atomic mass is 79.9. The van der Waals surface area contributed by atoms with E-state index in [1.165, 1.54) is 6.07 Å². The Kier molecular flexibility index (Phi) is 3.47. The zero-order valence-corrected chi connectivity index (χ0v) is 12.9. The smallest absolute Gasteiger partial charge is 0.194 e. The van der Waals surface area contributed by atoms with Gasteiger partial charge in [0.05, 0.1) is 28.1 Å². The molecule has 1 N–H and O–H groups in total. The molecule has 0 aliphatic heterocycles. The number of thiazole rings is 1. The molecule has 0 saturated heterocycles. The van der Waals surface area contributed by atoms with Gasteiger partial charge >= 0.3 is 0 Å². The molecular formula is C13H10BrF2N3S. The number of hydrogen-bond acceptors (Lipinski definition) is 3. The number of fused-ring (bicyclic) bond motifs is 1. The Labute approximate surface area is 126 Å². The number of imidazole rings is 1. The fraction of sp³-hybridized carbons (Fsp3) is 0.154. The van der Waals surface area contributed by atoms with Crippen LogP contribution in [0.2, 0.25) is 0 Å². The van der Waals surface area contributed by atoms with Crippen molar-refractivity contribution in [3.63, 3.8) is 0 Å². The molecule has 7 heteroatoms. The number of rotatable bonds is 3. The zero-order chi connectivity index (χ0) is 14.3. The first-order valence-corrected chi connectivity index (χ1v) is 7.53. The molecule has 0 aliphatic carbocycles. The van der Waals surface area contributed by atoms with Crippen LogP contribution in [0.1, 0.15) is 11.4 Å². The number of aryl methyl sites for hydroxylation is 1. The number of nitrogens with zero attached hydrogens (tertiary/aromatic N) is 2. The highest BCUT2D eigenvalue weighted by molar-refractivity contribution is 9.10. The Bertz CT molecular complexity index is 781. The fourth-order valence-electron chi connectivity index (χ4n) is 1.99. The average molecular weight is 358 g/mol. The lowest BCUT2D eigenvalue weighted by molar-refractivity contribution is 0.580. The van der Waals surface area contributed by atoms with Crippen LogP contribution < -0.4 is 5.32 Å². The molecule has 3 aromatic rings. The summed E-state index contributed by atoms with van der Waals surface area (Å²) in [5, 5.41) is 4.92. The van der Waals surface area contributed by atoms with Crippen LogP contribution in [0.4, 0.5) is 14.5 Å². The van der Waals surface area contributed by atoms with Crippen LogP contribution in [0.5, 0.6) is 0 Å². The van der Waals surface area contributed by atoms with Crippen LogP contribution in [0.15, 0.2) is 28.2 Å². The van der Waals surface area contributed by atoms with Gasteiger partial charge < -0.3 is 5.32 Å². The molecule has 2 aromatic heterocycles. The Balaban J connectivity index is 1.88. The molecule has 0 bridgehead atoms. The Hall–Kier alpha value is -1.47. The van der Waals surface area contributed by atoms with Crippen molar-refractivity contribution in [1.82, 2.24) is 9.38 Å². The summed E-state index contributed by atoms with van der Waals surface area (Å²) >= 11 is 4.59. The molecule has 3 nitrogen and oxygen atoms in total. The van der Waals surface area contributed by atoms with Gasteiger partial charge in [0, 0.05) is 17.6 Å². The summed E-state index contributed by atoms with van der Waals surface area (Å²) in [4.78, 5) is 5.32. The molecule has 1 aromatic carbocycles. The number of hydrogen-bond donors (Lipinski definition) is 1. The van der Waals surface area contributed by atoms with Crippen molar-refractivity contribution in [3.8, 4) is 0 Å². The van der Waals surface area contributed by atoms with Crippen molar-refractivity contribution in [2.24, 2.45) is 0 Å². The van der Waals surface area contributed by atoms with Crippen LogP contribution in [-0.4, -0.2) is 9.38 Å². The number of anilines is 1. The quantitative estimate of drug-likeness (QED) is 0.705. The predicted octanol–water partition coefficient (Wildman–Crippen LogP) is 4.36. The molecule has 0 atom stereocenters. The third kappa shape index (κ3) is 2.31. The monoisotopic (exact) mass is 357 g/mol. The first-order valence-electron chi connectivity index (χ1n) is 5.85. The van der Waals surface area contributed by atoms with Crippen molar-refractivity contribution in [3.05, 3.63) is 51.2 Å². The molecule has 0 unspecified atom stereocenters. The minimum atomic E-state index is -0.617. The summed E-state index contributed by atoms with van der Waals surface area (Å²) < 4.78 is 29.0. The number of nitrogens with one attached hydrogen (secondary N) is 1. The maximum Gasteiger partial charge on any atom is 0.194 e. The van der Waals surface area contributed by atoms with Crippen molar-refractivity contribution in [2.45, 2.75) is 13.5 Å². The highest BCUT2D eigenvalue weighted by Crippen LogP contribution is 2.25. The van der Waals surface area contributed by atoms with Crippen LogP contribution in [0.3, 0.4) is 0 Å². The van der Waals surface area contributed by atoms with Crippen LogP contribution in [-0.2, 0) is 6.54 Å². The minimum Gasteiger partial charge on any atom is -0.377 e. The molecule has 3 rings (SSSR count). The van der Waals surface area contributed by atoms with Gasteiger partial charge in [-0.05, 0) is 28.9 Å². The lowest BCUT2D eigenvalue weighted by Gasteiger charge is -2.09. The standard InChI is InChI=1S/C13H10BrF2N3S/c1-7-12(19-2-3-20-13(19)18-7)6-17-11-4-8(14)9(15)5-10(11)16/h2-5,17H,6H2,1H3. The predicted molar refractivity (Wildman–Crippen MR) is 79.2 cm³/mol. The molecule has 0 radical (unpaired) electrons. The van der Waals surface area contributed by atoms with Crippen molar-refractivity contribution in [2.75, 3.05) is 5.32 Å². The van der Waals surface area contributed by atoms with E-state index < -0.39 is 11.6 Å². The maximum atomic E-state index is 13.7. The normalized spacial score (nSPS) is 11.2. The van der Waals surface area contributed by atoms with E-state index in [9.17, 15) is 8.78 Å². The average Bonchev–Trinajstić information content (AvgIpc) is 2.93. The number of aromatic nitrogens is 2. The van der Waals surface area contributed by atoms with Crippen LogP contribution in [0.25, 0.3) is 4.96 Å². The van der Waals surface area contributed by atoms with Gasteiger partial charge in [0.15, 0.2) is 4.96 Å². The molecular weight excluding hydrogens is 348 g/mol. The zero-order valence-electron chi connectivity index (χ0n) is 10.5. The van der Waals surface area contributed by atoms with E-state index >= 15 is 0 Å². The van der Waals surface area contributed by atoms with Gasteiger partial charge in [-0.15, -0.1) is 11.3 Å². The van der Waals surface area contributed by atoms with E-state index in [0.717, 1.165) is 22.4 Å². The molecule has 20 heavy (non-hydrogen) atoms. The van der Waals surface area contributed by atoms with Gasteiger partial charge in [-0.25, -0.2) is 13.8 Å². The van der Waals surface area contributed by atoms with Gasteiger partial charge in [0.2, 0.25) is 0 Å². The van der Waals surface area contributed by atoms with Gasteiger partial charge in [-0.2, -0.15) is 0 Å². The third-order valence-corrected chi connectivity index (χ3v) is 4.38. The van der Waals surface area contributed by atoms with Crippen LogP contribution in [0, 0.1) is 18.6 Å². The maximum absolute atomic E-state index is 13.7. The topological polar surface area (TPSA) is 29.3 Å². The molecule has 0 aliphatic rings. The number of benzene rings is 1. The van der Waals surface area contributed by atoms with Crippen molar-refractivity contribution >= 4 is 37.9 Å². The summed E-state index contributed by atoms with van der Waals surface area (Å²) in [6.45, 7) is 2.33. The van der Waals surface area contributed by atoms with E-state index in [2.05, 4.69) is 26.2 Å². The second-order valence-corrected chi connectivity index (χ2v) is 6.03. The lowest BCUT2D eigenvalue weighted by atomic mass is 10.2. The lowest BCUT2D eigenvalue weighted by Crippen LogP contribution is -2.05. The largest absolute Gasteiger partial charge is 0.377 e. The molecule has 0 saturated carbocycles. The highest BCUT2D eigenvalue weighted by Gasteiger charge is 2.12. The summed E-state index contributed by atoms with van der Waals surface area (Å²) in [6.07, 6.45) is 1.92. The first-order chi connectivity index (χ1) is 9.56. The van der Waals surface area contributed by atoms with Crippen LogP contribution >= 0.6 is 27.3 Å². The molecule has 2 heterocycles. The fourth-order valence-corrected chi connectivity index (χ4v) is 3.11. The van der Waals surface area contributed by atoms with E-state index in [4.69, 9.17) is 0 Å². The summed E-state index contributed by atoms with van der Waals surface area (Å²) in [5.74, 6) is -1.23. The second-order valence-electron chi connectivity index (χ2n) is 4.30. The van der Waals surface area contributed by atoms with Crippen molar-refractivity contribution < 1.29 is 8.78 Å². The van der Waals surface area contributed by atoms with Gasteiger partial charge in [-0.3, -0.25) is 4.40 Å². The van der Waals surface area contributed by atoms with Crippen molar-refractivity contribution in [1.29, 1.82) is 0 Å². The first kappa shape index (κ1) is 13.5. The van der Waals surface area contributed by atoms with E-state index in [0.29, 0.717) is 6.54 Å². The van der Waals surface area contributed by atoms with Gasteiger partial charge in [-0.1, -0.05) is 0 Å². The number of halogens is 3. The van der Waals surface area contributed by atoms with E-state index in [-0.39, 0.29) is 10.2 Å². The van der Waals surface area contributed by atoms with Gasteiger partial charge in [0.1, 0.15) is 11.6 Å². The second kappa shape index (κ2) is 5.14. The summed E-state index contributed by atoms with van der Waals surface area (Å²) in [5.41, 5.74) is 2.11. The molecule has 0 spiro atoms. The molecule has 104 valence electrons. The summed E-state index contributed by atoms with van der Waals surface area (Å²) in [7, 11) is 0. The Morgan fingerprint density at radius 2 is 2.15 bits per heavy atom. The van der Waals surface area contributed by atoms with E-state index in [1.807, 2.05) is 22.9 Å². The third-order valence-electron chi connectivity index (χ3n) is 3.02. The minimum absolute atomic E-state index is 0.229. The summed E-state index contributed by atoms with van der Waals surface area (Å²) in [6, 6.07) is 2.25. The van der Waals surface area contributed by atoms with E-state index in [1.54, 1.807) is 11.3 Å².